The molecule has 1 unspecified atom stereocenters. The van der Waals surface area contributed by atoms with Crippen molar-refractivity contribution >= 4 is 22.6 Å². The van der Waals surface area contributed by atoms with Gasteiger partial charge in [0.1, 0.15) is 0 Å². The first-order valence-electron chi connectivity index (χ1n) is 6.29. The monoisotopic (exact) mass is 345 g/mol. The summed E-state index contributed by atoms with van der Waals surface area (Å²) in [5.41, 5.74) is 0.867. The molecule has 2 rings (SSSR count). The van der Waals surface area contributed by atoms with Gasteiger partial charge in [-0.2, -0.15) is 0 Å². The van der Waals surface area contributed by atoms with Crippen LogP contribution in [-0.4, -0.2) is 17.8 Å². The lowest BCUT2D eigenvalue weighted by Crippen LogP contribution is -2.47. The second kappa shape index (κ2) is 5.67. The molecule has 2 nitrogen and oxygen atoms in total. The third-order valence-corrected chi connectivity index (χ3v) is 4.39. The predicted molar refractivity (Wildman–Crippen MR) is 79.0 cm³/mol. The fourth-order valence-electron chi connectivity index (χ4n) is 2.56. The smallest absolute Gasteiger partial charge is 0.0652 e. The van der Waals surface area contributed by atoms with Gasteiger partial charge in [0.25, 0.3) is 0 Å². The van der Waals surface area contributed by atoms with Crippen LogP contribution in [0.3, 0.4) is 0 Å². The van der Waals surface area contributed by atoms with Gasteiger partial charge in [-0.15, -0.1) is 0 Å². The molecule has 0 amide bonds. The molecular weight excluding hydrogens is 325 g/mol. The van der Waals surface area contributed by atoms with Gasteiger partial charge in [0, 0.05) is 9.61 Å². The first-order valence-corrected chi connectivity index (χ1v) is 7.36. The Kier molecular flexibility index (Phi) is 4.44. The lowest BCUT2D eigenvalue weighted by atomic mass is 9.91. The number of hydrogen-bond donors (Lipinski definition) is 2. The summed E-state index contributed by atoms with van der Waals surface area (Å²) in [6, 6.07) is 8.98. The number of halogens is 1. The van der Waals surface area contributed by atoms with Crippen molar-refractivity contribution in [2.24, 2.45) is 0 Å². The van der Waals surface area contributed by atoms with E-state index in [-0.39, 0.29) is 12.1 Å². The zero-order valence-electron chi connectivity index (χ0n) is 10.2. The van der Waals surface area contributed by atoms with Crippen LogP contribution in [0.1, 0.15) is 38.2 Å². The molecule has 1 aromatic rings. The number of nitrogens with one attached hydrogen (secondary N) is 1. The van der Waals surface area contributed by atoms with E-state index in [1.165, 1.54) is 34.8 Å². The van der Waals surface area contributed by atoms with Crippen LogP contribution < -0.4 is 5.32 Å². The fraction of sp³-hybridized carbons (Fsp3) is 0.571. The van der Waals surface area contributed by atoms with E-state index >= 15 is 0 Å². The molecule has 0 spiro atoms. The van der Waals surface area contributed by atoms with E-state index in [0.717, 1.165) is 0 Å². The molecule has 0 bridgehead atoms. The van der Waals surface area contributed by atoms with Crippen molar-refractivity contribution in [1.82, 2.24) is 5.32 Å². The second-order valence-corrected chi connectivity index (χ2v) is 6.37. The van der Waals surface area contributed by atoms with Gasteiger partial charge in [-0.3, -0.25) is 0 Å². The minimum absolute atomic E-state index is 0.143. The van der Waals surface area contributed by atoms with Crippen molar-refractivity contribution in [1.29, 1.82) is 0 Å². The molecule has 1 saturated carbocycles. The Morgan fingerprint density at radius 3 is 2.41 bits per heavy atom. The molecule has 2 N–H and O–H groups in total. The predicted octanol–water partition coefficient (Wildman–Crippen LogP) is 3.03. The molecule has 1 fully saturated rings. The van der Waals surface area contributed by atoms with Crippen LogP contribution in [0.5, 0.6) is 0 Å². The summed E-state index contributed by atoms with van der Waals surface area (Å²) in [5, 5.41) is 13.3. The van der Waals surface area contributed by atoms with Gasteiger partial charge in [-0.05, 0) is 60.1 Å². The molecule has 94 valence electrons. The Morgan fingerprint density at radius 1 is 1.29 bits per heavy atom. The minimum Gasteiger partial charge on any atom is -0.394 e. The van der Waals surface area contributed by atoms with Gasteiger partial charge in [-0.25, -0.2) is 0 Å². The van der Waals surface area contributed by atoms with Crippen molar-refractivity contribution in [2.75, 3.05) is 6.61 Å². The van der Waals surface area contributed by atoms with Crippen LogP contribution in [0.15, 0.2) is 24.3 Å². The van der Waals surface area contributed by atoms with Crippen LogP contribution in [0, 0.1) is 3.57 Å². The highest BCUT2D eigenvalue weighted by atomic mass is 127. The average molecular weight is 345 g/mol. The first-order chi connectivity index (χ1) is 8.14. The van der Waals surface area contributed by atoms with E-state index < -0.39 is 0 Å². The third-order valence-electron chi connectivity index (χ3n) is 3.68. The van der Waals surface area contributed by atoms with Gasteiger partial charge in [0.2, 0.25) is 0 Å². The van der Waals surface area contributed by atoms with Gasteiger partial charge in [-0.1, -0.05) is 25.0 Å². The second-order valence-electron chi connectivity index (χ2n) is 5.12. The van der Waals surface area contributed by atoms with Crippen molar-refractivity contribution in [3.63, 3.8) is 0 Å². The zero-order valence-corrected chi connectivity index (χ0v) is 12.4. The Bertz CT molecular complexity index is 359. The maximum atomic E-state index is 9.70. The first kappa shape index (κ1) is 13.3. The minimum atomic E-state index is -0.306. The molecule has 1 aliphatic rings. The average Bonchev–Trinajstić information content (AvgIpc) is 2.82. The zero-order chi connectivity index (χ0) is 12.3. The van der Waals surface area contributed by atoms with E-state index in [0.29, 0.717) is 6.04 Å². The highest BCUT2D eigenvalue weighted by molar-refractivity contribution is 14.1. The summed E-state index contributed by atoms with van der Waals surface area (Å²) in [6.45, 7) is 2.23. The number of rotatable bonds is 4. The number of benzene rings is 1. The summed E-state index contributed by atoms with van der Waals surface area (Å²) in [6.07, 6.45) is 5.09. The normalized spacial score (nSPS) is 20.4. The van der Waals surface area contributed by atoms with Crippen molar-refractivity contribution < 1.29 is 5.11 Å². The maximum Gasteiger partial charge on any atom is 0.0652 e. The number of aliphatic hydroxyl groups excluding tert-OH is 1. The summed E-state index contributed by atoms with van der Waals surface area (Å²) < 4.78 is 1.23. The Labute approximate surface area is 117 Å². The molecule has 0 radical (unpaired) electrons. The molecule has 0 aromatic heterocycles. The van der Waals surface area contributed by atoms with Gasteiger partial charge < -0.3 is 10.4 Å². The summed E-state index contributed by atoms with van der Waals surface area (Å²) in [7, 11) is 0. The van der Waals surface area contributed by atoms with Crippen molar-refractivity contribution in [2.45, 2.75) is 44.2 Å². The highest BCUT2D eigenvalue weighted by Crippen LogP contribution is 2.26. The van der Waals surface area contributed by atoms with Crippen LogP contribution >= 0.6 is 22.6 Å². The Balaban J connectivity index is 2.14. The molecule has 1 aromatic carbocycles. The topological polar surface area (TPSA) is 32.3 Å². The maximum absolute atomic E-state index is 9.70. The summed E-state index contributed by atoms with van der Waals surface area (Å²) in [5.74, 6) is 0. The van der Waals surface area contributed by atoms with E-state index in [1.54, 1.807) is 0 Å². The lowest BCUT2D eigenvalue weighted by molar-refractivity contribution is 0.161. The van der Waals surface area contributed by atoms with Crippen molar-refractivity contribution in [3.8, 4) is 0 Å². The summed E-state index contributed by atoms with van der Waals surface area (Å²) >= 11 is 2.30. The molecule has 0 saturated heterocycles. The summed E-state index contributed by atoms with van der Waals surface area (Å²) in [4.78, 5) is 0. The van der Waals surface area contributed by atoms with Crippen LogP contribution in [0.4, 0.5) is 0 Å². The van der Waals surface area contributed by atoms with E-state index in [4.69, 9.17) is 0 Å². The fourth-order valence-corrected chi connectivity index (χ4v) is 2.92. The van der Waals surface area contributed by atoms with Crippen LogP contribution in [0.25, 0.3) is 0 Å². The van der Waals surface area contributed by atoms with E-state index in [2.05, 4.69) is 59.1 Å². The lowest BCUT2D eigenvalue weighted by Gasteiger charge is -2.33. The quantitative estimate of drug-likeness (QED) is 0.823. The standard InChI is InChI=1S/C14H20INO/c1-14(10-17,16-13-4-2-3-5-13)11-6-8-12(15)9-7-11/h6-9,13,16-17H,2-5,10H2,1H3. The Morgan fingerprint density at radius 2 is 1.88 bits per heavy atom. The number of aliphatic hydroxyl groups is 1. The molecule has 17 heavy (non-hydrogen) atoms. The van der Waals surface area contributed by atoms with E-state index in [1.807, 2.05) is 0 Å². The molecular formula is C14H20INO. The van der Waals surface area contributed by atoms with Crippen LogP contribution in [-0.2, 0) is 5.54 Å². The van der Waals surface area contributed by atoms with Gasteiger partial charge in [0.05, 0.1) is 12.1 Å². The number of hydrogen-bond acceptors (Lipinski definition) is 2. The molecule has 0 aliphatic heterocycles. The molecule has 3 heteroatoms. The molecule has 1 aliphatic carbocycles. The third kappa shape index (κ3) is 3.20. The van der Waals surface area contributed by atoms with E-state index in [9.17, 15) is 5.11 Å². The van der Waals surface area contributed by atoms with Crippen LogP contribution in [0.2, 0.25) is 0 Å². The van der Waals surface area contributed by atoms with Crippen molar-refractivity contribution in [3.05, 3.63) is 33.4 Å². The van der Waals surface area contributed by atoms with Gasteiger partial charge in [0.15, 0.2) is 0 Å². The molecule has 1 atom stereocenters. The van der Waals surface area contributed by atoms with Gasteiger partial charge >= 0.3 is 0 Å². The Hall–Kier alpha value is -0.130. The SMILES string of the molecule is CC(CO)(NC1CCCC1)c1ccc(I)cc1. The highest BCUT2D eigenvalue weighted by Gasteiger charge is 2.29. The largest absolute Gasteiger partial charge is 0.394 e. The molecule has 0 heterocycles.